The largest absolute Gasteiger partial charge is 0.313 e. The van der Waals surface area contributed by atoms with Gasteiger partial charge in [-0.3, -0.25) is 4.90 Å². The summed E-state index contributed by atoms with van der Waals surface area (Å²) in [6.45, 7) is 14.6. The minimum absolute atomic E-state index is 0.753. The van der Waals surface area contributed by atoms with Crippen LogP contribution in [0.4, 0.5) is 0 Å². The number of likely N-dealkylation sites (tertiary alicyclic amines) is 1. The first-order valence-electron chi connectivity index (χ1n) is 8.38. The van der Waals surface area contributed by atoms with Crippen LogP contribution in [0.3, 0.4) is 0 Å². The Balaban J connectivity index is 1.85. The fourth-order valence-electron chi connectivity index (χ4n) is 3.64. The van der Waals surface area contributed by atoms with Gasteiger partial charge in [0.1, 0.15) is 0 Å². The molecule has 2 fully saturated rings. The molecule has 112 valence electrons. The molecule has 1 unspecified atom stereocenters. The number of rotatable bonds is 6. The second-order valence-corrected chi connectivity index (χ2v) is 6.81. The molecule has 2 aliphatic rings. The zero-order valence-electron chi connectivity index (χ0n) is 13.2. The van der Waals surface area contributed by atoms with E-state index in [1.165, 1.54) is 65.0 Å². The van der Waals surface area contributed by atoms with Gasteiger partial charge in [0.05, 0.1) is 0 Å². The van der Waals surface area contributed by atoms with E-state index in [2.05, 4.69) is 35.9 Å². The van der Waals surface area contributed by atoms with Crippen molar-refractivity contribution in [3.8, 4) is 0 Å². The van der Waals surface area contributed by atoms with Gasteiger partial charge >= 0.3 is 0 Å². The highest BCUT2D eigenvalue weighted by atomic mass is 15.2. The van der Waals surface area contributed by atoms with Crippen molar-refractivity contribution in [3.05, 3.63) is 0 Å². The molecule has 0 aliphatic carbocycles. The highest BCUT2D eigenvalue weighted by Gasteiger charge is 2.27. The smallest absolute Gasteiger partial charge is 0.0195 e. The first kappa shape index (κ1) is 15.3. The normalized spacial score (nSPS) is 26.7. The van der Waals surface area contributed by atoms with Gasteiger partial charge in [-0.25, -0.2) is 0 Å². The van der Waals surface area contributed by atoms with E-state index < -0.39 is 0 Å². The summed E-state index contributed by atoms with van der Waals surface area (Å²) in [7, 11) is 0. The van der Waals surface area contributed by atoms with E-state index in [0.29, 0.717) is 0 Å². The standard InChI is InChI=1S/C16H33N3/c1-4-18-10-7-16(8-11-18)19(12-14(2)3)13-15-6-5-9-17-15/h14-17H,4-13H2,1-3H3. The lowest BCUT2D eigenvalue weighted by Gasteiger charge is -2.40. The monoisotopic (exact) mass is 267 g/mol. The molecule has 3 heteroatoms. The van der Waals surface area contributed by atoms with Crippen LogP contribution in [0.1, 0.15) is 46.5 Å². The van der Waals surface area contributed by atoms with Gasteiger partial charge in [0.15, 0.2) is 0 Å². The van der Waals surface area contributed by atoms with Crippen LogP contribution in [-0.2, 0) is 0 Å². The van der Waals surface area contributed by atoms with E-state index in [9.17, 15) is 0 Å². The van der Waals surface area contributed by atoms with Gasteiger partial charge in [0.25, 0.3) is 0 Å². The maximum atomic E-state index is 3.67. The van der Waals surface area contributed by atoms with Gasteiger partial charge in [-0.05, 0) is 57.8 Å². The van der Waals surface area contributed by atoms with Crippen molar-refractivity contribution in [2.45, 2.75) is 58.5 Å². The molecule has 2 saturated heterocycles. The average molecular weight is 267 g/mol. The van der Waals surface area contributed by atoms with Crippen LogP contribution in [0, 0.1) is 5.92 Å². The number of hydrogen-bond acceptors (Lipinski definition) is 3. The molecular formula is C16H33N3. The second kappa shape index (κ2) is 7.61. The Hall–Kier alpha value is -0.120. The predicted octanol–water partition coefficient (Wildman–Crippen LogP) is 2.18. The Labute approximate surface area is 119 Å². The maximum absolute atomic E-state index is 3.67. The van der Waals surface area contributed by atoms with Gasteiger partial charge in [-0.2, -0.15) is 0 Å². The molecular weight excluding hydrogens is 234 g/mol. The summed E-state index contributed by atoms with van der Waals surface area (Å²) in [4.78, 5) is 5.39. The molecule has 2 aliphatic heterocycles. The number of hydrogen-bond donors (Lipinski definition) is 1. The summed E-state index contributed by atoms with van der Waals surface area (Å²) in [5, 5.41) is 3.67. The third kappa shape index (κ3) is 4.73. The van der Waals surface area contributed by atoms with Gasteiger partial charge in [0.2, 0.25) is 0 Å². The molecule has 0 aromatic rings. The van der Waals surface area contributed by atoms with E-state index >= 15 is 0 Å². The van der Waals surface area contributed by atoms with Gasteiger partial charge in [-0.15, -0.1) is 0 Å². The molecule has 0 aromatic carbocycles. The lowest BCUT2D eigenvalue weighted by atomic mass is 10.0. The van der Waals surface area contributed by atoms with Crippen molar-refractivity contribution >= 4 is 0 Å². The van der Waals surface area contributed by atoms with Crippen molar-refractivity contribution in [3.63, 3.8) is 0 Å². The van der Waals surface area contributed by atoms with Crippen LogP contribution in [0.25, 0.3) is 0 Å². The molecule has 0 aromatic heterocycles. The van der Waals surface area contributed by atoms with E-state index in [1.54, 1.807) is 0 Å². The minimum Gasteiger partial charge on any atom is -0.313 e. The predicted molar refractivity (Wildman–Crippen MR) is 82.6 cm³/mol. The van der Waals surface area contributed by atoms with Gasteiger partial charge < -0.3 is 10.2 Å². The summed E-state index contributed by atoms with van der Waals surface area (Å²) in [5.41, 5.74) is 0. The lowest BCUT2D eigenvalue weighted by molar-refractivity contribution is 0.0938. The average Bonchev–Trinajstić information content (AvgIpc) is 2.90. The van der Waals surface area contributed by atoms with Gasteiger partial charge in [-0.1, -0.05) is 20.8 Å². The first-order valence-corrected chi connectivity index (χ1v) is 8.38. The zero-order valence-corrected chi connectivity index (χ0v) is 13.2. The molecule has 3 nitrogen and oxygen atoms in total. The lowest BCUT2D eigenvalue weighted by Crippen LogP contribution is -2.49. The van der Waals surface area contributed by atoms with Crippen LogP contribution in [-0.4, -0.2) is 61.2 Å². The zero-order chi connectivity index (χ0) is 13.7. The Morgan fingerprint density at radius 1 is 1.21 bits per heavy atom. The van der Waals surface area contributed by atoms with E-state index in [0.717, 1.165) is 18.0 Å². The summed E-state index contributed by atoms with van der Waals surface area (Å²) < 4.78 is 0. The highest BCUT2D eigenvalue weighted by Crippen LogP contribution is 2.19. The molecule has 1 atom stereocenters. The summed E-state index contributed by atoms with van der Waals surface area (Å²) in [5.74, 6) is 0.783. The van der Waals surface area contributed by atoms with Crippen LogP contribution < -0.4 is 5.32 Å². The van der Waals surface area contributed by atoms with Crippen LogP contribution >= 0.6 is 0 Å². The number of nitrogens with zero attached hydrogens (tertiary/aromatic N) is 2. The molecule has 0 bridgehead atoms. The van der Waals surface area contributed by atoms with Crippen molar-refractivity contribution in [1.29, 1.82) is 0 Å². The summed E-state index contributed by atoms with van der Waals surface area (Å²) in [6, 6.07) is 1.58. The Bertz CT molecular complexity index is 240. The van der Waals surface area contributed by atoms with Crippen LogP contribution in [0.15, 0.2) is 0 Å². The Morgan fingerprint density at radius 2 is 1.95 bits per heavy atom. The molecule has 1 N–H and O–H groups in total. The molecule has 2 rings (SSSR count). The number of nitrogens with one attached hydrogen (secondary N) is 1. The molecule has 2 heterocycles. The molecule has 19 heavy (non-hydrogen) atoms. The third-order valence-corrected chi connectivity index (χ3v) is 4.74. The van der Waals surface area contributed by atoms with Crippen molar-refractivity contribution in [2.24, 2.45) is 5.92 Å². The number of piperidine rings is 1. The van der Waals surface area contributed by atoms with Gasteiger partial charge in [0, 0.05) is 25.2 Å². The third-order valence-electron chi connectivity index (χ3n) is 4.74. The quantitative estimate of drug-likeness (QED) is 0.796. The minimum atomic E-state index is 0.753. The second-order valence-electron chi connectivity index (χ2n) is 6.81. The first-order chi connectivity index (χ1) is 9.19. The molecule has 0 radical (unpaired) electrons. The Morgan fingerprint density at radius 3 is 2.47 bits per heavy atom. The van der Waals surface area contributed by atoms with E-state index in [-0.39, 0.29) is 0 Å². The van der Waals surface area contributed by atoms with E-state index in [1.807, 2.05) is 0 Å². The van der Waals surface area contributed by atoms with Crippen molar-refractivity contribution in [2.75, 3.05) is 39.3 Å². The fraction of sp³-hybridized carbons (Fsp3) is 1.00. The maximum Gasteiger partial charge on any atom is 0.0195 e. The molecule has 0 amide bonds. The Kier molecular flexibility index (Phi) is 6.11. The topological polar surface area (TPSA) is 18.5 Å². The van der Waals surface area contributed by atoms with Crippen molar-refractivity contribution in [1.82, 2.24) is 15.1 Å². The SMILES string of the molecule is CCN1CCC(N(CC(C)C)CC2CCCN2)CC1. The summed E-state index contributed by atoms with van der Waals surface area (Å²) >= 11 is 0. The van der Waals surface area contributed by atoms with Crippen LogP contribution in [0.2, 0.25) is 0 Å². The van der Waals surface area contributed by atoms with Crippen LogP contribution in [0.5, 0.6) is 0 Å². The highest BCUT2D eigenvalue weighted by molar-refractivity contribution is 4.85. The molecule has 0 spiro atoms. The summed E-state index contributed by atoms with van der Waals surface area (Å²) in [6.07, 6.45) is 5.48. The van der Waals surface area contributed by atoms with Crippen molar-refractivity contribution < 1.29 is 0 Å². The molecule has 0 saturated carbocycles. The fourth-order valence-corrected chi connectivity index (χ4v) is 3.64. The van der Waals surface area contributed by atoms with E-state index in [4.69, 9.17) is 0 Å².